The number of carbonyl (C=O) groups excluding carboxylic acids is 2. The second-order valence-electron chi connectivity index (χ2n) is 8.25. The molecular formula is C26H20ClF2N5O2. The molecule has 1 aromatic heterocycles. The Balaban J connectivity index is 1.46. The molecule has 36 heavy (non-hydrogen) atoms. The van der Waals surface area contributed by atoms with Gasteiger partial charge in [-0.1, -0.05) is 17.7 Å². The van der Waals surface area contributed by atoms with Crippen molar-refractivity contribution in [3.05, 3.63) is 94.1 Å². The van der Waals surface area contributed by atoms with Crippen molar-refractivity contribution in [3.63, 3.8) is 0 Å². The largest absolute Gasteiger partial charge is 0.353 e. The van der Waals surface area contributed by atoms with E-state index in [0.717, 1.165) is 32.2 Å². The Kier molecular flexibility index (Phi) is 6.58. The standard InChI is InChI=1S/C26H20ClF2N5O2/c27-18-5-7-20(33-26(36)16-2-1-3-17(28)12-16)24(29)23(18)25(35)15-4-6-19-21(13-15)32-22(14-31-19)34-10-8-30-9-11-34/h1-7,12-14,30H,8-11H2,(H,33,36). The van der Waals surface area contributed by atoms with E-state index < -0.39 is 23.3 Å². The van der Waals surface area contributed by atoms with Crippen LogP contribution in [0.25, 0.3) is 11.0 Å². The Bertz CT molecular complexity index is 1490. The molecule has 1 aliphatic rings. The zero-order chi connectivity index (χ0) is 25.2. The molecule has 0 atom stereocenters. The molecule has 7 nitrogen and oxygen atoms in total. The van der Waals surface area contributed by atoms with Gasteiger partial charge >= 0.3 is 0 Å². The zero-order valence-electron chi connectivity index (χ0n) is 18.9. The molecule has 0 radical (unpaired) electrons. The third-order valence-corrected chi connectivity index (χ3v) is 6.20. The number of ketones is 1. The molecule has 4 aromatic rings. The van der Waals surface area contributed by atoms with Gasteiger partial charge in [-0.2, -0.15) is 0 Å². The summed E-state index contributed by atoms with van der Waals surface area (Å²) < 4.78 is 28.9. The van der Waals surface area contributed by atoms with Gasteiger partial charge in [0.15, 0.2) is 11.6 Å². The first-order valence-corrected chi connectivity index (χ1v) is 11.6. The molecule has 0 spiro atoms. The van der Waals surface area contributed by atoms with E-state index in [4.69, 9.17) is 11.6 Å². The number of hydrogen-bond donors (Lipinski definition) is 2. The molecule has 5 rings (SSSR count). The summed E-state index contributed by atoms with van der Waals surface area (Å²) in [5, 5.41) is 5.54. The van der Waals surface area contributed by atoms with Gasteiger partial charge in [0.2, 0.25) is 0 Å². The fourth-order valence-corrected chi connectivity index (χ4v) is 4.25. The zero-order valence-corrected chi connectivity index (χ0v) is 19.6. The number of halogens is 3. The van der Waals surface area contributed by atoms with Crippen LogP contribution in [0.5, 0.6) is 0 Å². The van der Waals surface area contributed by atoms with Crippen LogP contribution >= 0.6 is 11.6 Å². The number of amides is 1. The number of piperazine rings is 1. The van der Waals surface area contributed by atoms with E-state index in [1.54, 1.807) is 18.3 Å². The minimum atomic E-state index is -0.988. The molecule has 0 aliphatic carbocycles. The first kappa shape index (κ1) is 23.8. The van der Waals surface area contributed by atoms with E-state index in [1.165, 1.54) is 36.4 Å². The predicted molar refractivity (Wildman–Crippen MR) is 134 cm³/mol. The summed E-state index contributed by atoms with van der Waals surface area (Å²) in [7, 11) is 0. The third kappa shape index (κ3) is 4.75. The summed E-state index contributed by atoms with van der Waals surface area (Å²) in [5.74, 6) is -2.29. The fraction of sp³-hybridized carbons (Fsp3) is 0.154. The van der Waals surface area contributed by atoms with E-state index >= 15 is 4.39 Å². The predicted octanol–water partition coefficient (Wildman–Crippen LogP) is 4.45. The molecule has 0 unspecified atom stereocenters. The highest BCUT2D eigenvalue weighted by molar-refractivity contribution is 6.35. The van der Waals surface area contributed by atoms with Gasteiger partial charge in [-0.15, -0.1) is 0 Å². The van der Waals surface area contributed by atoms with E-state index in [-0.39, 0.29) is 27.4 Å². The van der Waals surface area contributed by atoms with Crippen molar-refractivity contribution in [1.29, 1.82) is 0 Å². The summed E-state index contributed by atoms with van der Waals surface area (Å²) >= 11 is 6.20. The van der Waals surface area contributed by atoms with Gasteiger partial charge < -0.3 is 15.5 Å². The van der Waals surface area contributed by atoms with Crippen LogP contribution in [0.2, 0.25) is 5.02 Å². The van der Waals surface area contributed by atoms with Crippen molar-refractivity contribution >= 4 is 45.8 Å². The normalized spacial score (nSPS) is 13.6. The van der Waals surface area contributed by atoms with Gasteiger partial charge in [0.25, 0.3) is 5.91 Å². The van der Waals surface area contributed by atoms with Gasteiger partial charge in [0, 0.05) is 37.3 Å². The van der Waals surface area contributed by atoms with E-state index in [9.17, 15) is 14.0 Å². The SMILES string of the molecule is O=C(Nc1ccc(Cl)c(C(=O)c2ccc3ncc(N4CCNCC4)nc3c2)c1F)c1cccc(F)c1. The Morgan fingerprint density at radius 3 is 2.56 bits per heavy atom. The minimum absolute atomic E-state index is 0.00520. The van der Waals surface area contributed by atoms with Crippen molar-refractivity contribution in [2.75, 3.05) is 36.4 Å². The second kappa shape index (κ2) is 9.96. The number of nitrogens with zero attached hydrogens (tertiary/aromatic N) is 3. The molecule has 0 bridgehead atoms. The van der Waals surface area contributed by atoms with E-state index in [1.807, 2.05) is 0 Å². The van der Waals surface area contributed by atoms with Crippen LogP contribution in [0.3, 0.4) is 0 Å². The first-order chi connectivity index (χ1) is 17.4. The number of aromatic nitrogens is 2. The summed E-state index contributed by atoms with van der Waals surface area (Å²) in [5.41, 5.74) is 0.615. The number of benzene rings is 3. The number of hydrogen-bond acceptors (Lipinski definition) is 6. The number of carbonyl (C=O) groups is 2. The quantitative estimate of drug-likeness (QED) is 0.388. The highest BCUT2D eigenvalue weighted by Crippen LogP contribution is 2.29. The molecule has 1 fully saturated rings. The molecule has 2 heterocycles. The summed E-state index contributed by atoms with van der Waals surface area (Å²) in [6, 6.07) is 12.3. The molecule has 1 saturated heterocycles. The second-order valence-corrected chi connectivity index (χ2v) is 8.65. The molecule has 1 amide bonds. The Morgan fingerprint density at radius 2 is 1.78 bits per heavy atom. The van der Waals surface area contributed by atoms with Crippen LogP contribution in [0, 0.1) is 11.6 Å². The summed E-state index contributed by atoms with van der Waals surface area (Å²) in [6.45, 7) is 3.24. The van der Waals surface area contributed by atoms with Crippen LogP contribution in [0.1, 0.15) is 26.3 Å². The third-order valence-electron chi connectivity index (χ3n) is 5.89. The maximum absolute atomic E-state index is 15.4. The molecule has 0 saturated carbocycles. The van der Waals surface area contributed by atoms with Gasteiger partial charge in [0.1, 0.15) is 11.6 Å². The topological polar surface area (TPSA) is 87.2 Å². The summed E-state index contributed by atoms with van der Waals surface area (Å²) in [6.07, 6.45) is 1.69. The highest BCUT2D eigenvalue weighted by Gasteiger charge is 2.23. The van der Waals surface area contributed by atoms with Gasteiger partial charge in [0.05, 0.1) is 33.5 Å². The van der Waals surface area contributed by atoms with Crippen molar-refractivity contribution in [1.82, 2.24) is 15.3 Å². The molecule has 2 N–H and O–H groups in total. The van der Waals surface area contributed by atoms with Crippen molar-refractivity contribution in [3.8, 4) is 0 Å². The maximum Gasteiger partial charge on any atom is 0.255 e. The number of anilines is 2. The number of nitrogens with one attached hydrogen (secondary N) is 2. The number of rotatable bonds is 5. The lowest BCUT2D eigenvalue weighted by molar-refractivity contribution is 0.101. The number of fused-ring (bicyclic) bond motifs is 1. The van der Waals surface area contributed by atoms with Crippen LogP contribution in [-0.2, 0) is 0 Å². The van der Waals surface area contributed by atoms with Gasteiger partial charge in [-0.3, -0.25) is 14.6 Å². The van der Waals surface area contributed by atoms with Crippen molar-refractivity contribution < 1.29 is 18.4 Å². The minimum Gasteiger partial charge on any atom is -0.353 e. The van der Waals surface area contributed by atoms with Gasteiger partial charge in [-0.25, -0.2) is 13.8 Å². The highest BCUT2D eigenvalue weighted by atomic mass is 35.5. The van der Waals surface area contributed by atoms with Crippen molar-refractivity contribution in [2.24, 2.45) is 0 Å². The van der Waals surface area contributed by atoms with E-state index in [2.05, 4.69) is 25.5 Å². The lowest BCUT2D eigenvalue weighted by Crippen LogP contribution is -2.43. The molecule has 10 heteroatoms. The molecule has 1 aliphatic heterocycles. The Morgan fingerprint density at radius 1 is 0.972 bits per heavy atom. The van der Waals surface area contributed by atoms with E-state index in [0.29, 0.717) is 16.9 Å². The van der Waals surface area contributed by atoms with Crippen molar-refractivity contribution in [2.45, 2.75) is 0 Å². The average molecular weight is 508 g/mol. The lowest BCUT2D eigenvalue weighted by Gasteiger charge is -2.28. The fourth-order valence-electron chi connectivity index (χ4n) is 4.01. The smallest absolute Gasteiger partial charge is 0.255 e. The monoisotopic (exact) mass is 507 g/mol. The Hall–Kier alpha value is -3.95. The van der Waals surface area contributed by atoms with Crippen LogP contribution in [-0.4, -0.2) is 47.8 Å². The van der Waals surface area contributed by atoms with Crippen LogP contribution < -0.4 is 15.5 Å². The van der Waals surface area contributed by atoms with Gasteiger partial charge in [-0.05, 0) is 48.5 Å². The van der Waals surface area contributed by atoms with Crippen LogP contribution in [0.4, 0.5) is 20.3 Å². The molecule has 182 valence electrons. The first-order valence-electron chi connectivity index (χ1n) is 11.2. The summed E-state index contributed by atoms with van der Waals surface area (Å²) in [4.78, 5) is 37.0. The Labute approximate surface area is 210 Å². The molecule has 3 aromatic carbocycles. The molecular weight excluding hydrogens is 488 g/mol. The maximum atomic E-state index is 15.4. The van der Waals surface area contributed by atoms with Crippen LogP contribution in [0.15, 0.2) is 60.8 Å². The average Bonchev–Trinajstić information content (AvgIpc) is 2.90. The lowest BCUT2D eigenvalue weighted by atomic mass is 10.0.